The van der Waals surface area contributed by atoms with E-state index in [9.17, 15) is 13.2 Å². The van der Waals surface area contributed by atoms with Crippen LogP contribution in [0.3, 0.4) is 0 Å². The van der Waals surface area contributed by atoms with Crippen LogP contribution in [0.2, 0.25) is 0 Å². The van der Waals surface area contributed by atoms with Gasteiger partial charge in [-0.05, 0) is 35.7 Å². The van der Waals surface area contributed by atoms with Crippen LogP contribution in [0.4, 0.5) is 13.2 Å². The Labute approximate surface area is 171 Å². The molecule has 0 aliphatic rings. The molecule has 0 aliphatic heterocycles. The minimum Gasteiger partial charge on any atom is -0.232 e. The molecule has 3 aromatic carbocycles. The van der Waals surface area contributed by atoms with Gasteiger partial charge in [-0.25, -0.2) is 4.68 Å². The number of nitrogens with zero attached hydrogens (tertiary/aromatic N) is 3. The highest BCUT2D eigenvalue weighted by atomic mass is 19.4. The van der Waals surface area contributed by atoms with Crippen LogP contribution in [-0.4, -0.2) is 15.0 Å². The Morgan fingerprint density at radius 3 is 2.03 bits per heavy atom. The van der Waals surface area contributed by atoms with Crippen LogP contribution in [0.5, 0.6) is 0 Å². The Kier molecular flexibility index (Phi) is 5.36. The molecule has 1 heterocycles. The van der Waals surface area contributed by atoms with Crippen molar-refractivity contribution < 1.29 is 13.2 Å². The molecule has 0 N–H and O–H groups in total. The van der Waals surface area contributed by atoms with Gasteiger partial charge in [0.2, 0.25) is 0 Å². The summed E-state index contributed by atoms with van der Waals surface area (Å²) in [5.41, 5.74) is 2.94. The maximum absolute atomic E-state index is 12.8. The molecule has 0 saturated heterocycles. The first-order chi connectivity index (χ1) is 14.5. The summed E-state index contributed by atoms with van der Waals surface area (Å²) in [6.07, 6.45) is -4.36. The first kappa shape index (κ1) is 19.5. The molecule has 4 rings (SSSR count). The van der Waals surface area contributed by atoms with Crippen LogP contribution in [0.15, 0.2) is 84.9 Å². The van der Waals surface area contributed by atoms with Crippen LogP contribution >= 0.6 is 0 Å². The van der Waals surface area contributed by atoms with E-state index in [0.29, 0.717) is 17.0 Å². The smallest absolute Gasteiger partial charge is 0.232 e. The number of benzene rings is 3. The van der Waals surface area contributed by atoms with Crippen molar-refractivity contribution in [3.8, 4) is 23.1 Å². The molecule has 0 bridgehead atoms. The van der Waals surface area contributed by atoms with Crippen molar-refractivity contribution in [2.24, 2.45) is 0 Å². The molecule has 0 atom stereocenters. The van der Waals surface area contributed by atoms with Crippen LogP contribution in [-0.2, 0) is 12.7 Å². The number of alkyl halides is 3. The van der Waals surface area contributed by atoms with E-state index in [1.54, 1.807) is 4.68 Å². The monoisotopic (exact) mass is 403 g/mol. The van der Waals surface area contributed by atoms with Gasteiger partial charge in [-0.15, -0.1) is 5.10 Å². The predicted molar refractivity (Wildman–Crippen MR) is 108 cm³/mol. The summed E-state index contributed by atoms with van der Waals surface area (Å²) < 4.78 is 40.1. The topological polar surface area (TPSA) is 30.7 Å². The SMILES string of the molecule is FC(F)(F)c1ccc(Cn2nnc(-c3ccccc3)c2C#Cc2ccccc2)cc1. The minimum absolute atomic E-state index is 0.261. The van der Waals surface area contributed by atoms with E-state index >= 15 is 0 Å². The van der Waals surface area contributed by atoms with Crippen molar-refractivity contribution in [1.82, 2.24) is 15.0 Å². The van der Waals surface area contributed by atoms with Gasteiger partial charge in [0.25, 0.3) is 0 Å². The van der Waals surface area contributed by atoms with Crippen molar-refractivity contribution in [2.45, 2.75) is 12.7 Å². The molecule has 30 heavy (non-hydrogen) atoms. The first-order valence-electron chi connectivity index (χ1n) is 9.23. The number of hydrogen-bond acceptors (Lipinski definition) is 2. The van der Waals surface area contributed by atoms with Gasteiger partial charge in [0.1, 0.15) is 11.4 Å². The summed E-state index contributed by atoms with van der Waals surface area (Å²) in [6, 6.07) is 24.1. The highest BCUT2D eigenvalue weighted by molar-refractivity contribution is 5.65. The summed E-state index contributed by atoms with van der Waals surface area (Å²) in [5.74, 6) is 6.25. The molecule has 0 unspecified atom stereocenters. The summed E-state index contributed by atoms with van der Waals surface area (Å²) in [5, 5.41) is 8.50. The van der Waals surface area contributed by atoms with Gasteiger partial charge < -0.3 is 0 Å². The lowest BCUT2D eigenvalue weighted by atomic mass is 10.1. The van der Waals surface area contributed by atoms with E-state index in [0.717, 1.165) is 23.3 Å². The Hall–Kier alpha value is -3.85. The van der Waals surface area contributed by atoms with E-state index < -0.39 is 11.7 Å². The zero-order valence-corrected chi connectivity index (χ0v) is 15.8. The second kappa shape index (κ2) is 8.26. The number of aromatic nitrogens is 3. The number of hydrogen-bond donors (Lipinski definition) is 0. The minimum atomic E-state index is -4.36. The Morgan fingerprint density at radius 2 is 1.40 bits per heavy atom. The van der Waals surface area contributed by atoms with Crippen LogP contribution in [0.25, 0.3) is 11.3 Å². The van der Waals surface area contributed by atoms with Crippen LogP contribution in [0.1, 0.15) is 22.4 Å². The van der Waals surface area contributed by atoms with Gasteiger partial charge in [0.05, 0.1) is 12.1 Å². The lowest BCUT2D eigenvalue weighted by Crippen LogP contribution is -2.07. The molecule has 4 aromatic rings. The van der Waals surface area contributed by atoms with Crippen molar-refractivity contribution in [2.75, 3.05) is 0 Å². The summed E-state index contributed by atoms with van der Waals surface area (Å²) >= 11 is 0. The van der Waals surface area contributed by atoms with Crippen molar-refractivity contribution in [3.63, 3.8) is 0 Å². The molecule has 6 heteroatoms. The van der Waals surface area contributed by atoms with Crippen molar-refractivity contribution in [1.29, 1.82) is 0 Å². The fourth-order valence-corrected chi connectivity index (χ4v) is 2.96. The third kappa shape index (κ3) is 4.41. The van der Waals surface area contributed by atoms with Crippen molar-refractivity contribution in [3.05, 3.63) is 107 Å². The molecule has 0 spiro atoms. The maximum atomic E-state index is 12.8. The van der Waals surface area contributed by atoms with Crippen LogP contribution in [0, 0.1) is 11.8 Å². The Morgan fingerprint density at radius 1 is 0.767 bits per heavy atom. The van der Waals surface area contributed by atoms with Gasteiger partial charge in [0.15, 0.2) is 0 Å². The second-order valence-corrected chi connectivity index (χ2v) is 6.62. The molecular formula is C24H16F3N3. The van der Waals surface area contributed by atoms with Gasteiger partial charge >= 0.3 is 6.18 Å². The third-order valence-electron chi connectivity index (χ3n) is 4.49. The molecule has 3 nitrogen and oxygen atoms in total. The highest BCUT2D eigenvalue weighted by Crippen LogP contribution is 2.29. The normalized spacial score (nSPS) is 11.0. The zero-order valence-electron chi connectivity index (χ0n) is 15.8. The lowest BCUT2D eigenvalue weighted by molar-refractivity contribution is -0.137. The van der Waals surface area contributed by atoms with Crippen molar-refractivity contribution >= 4 is 0 Å². The van der Waals surface area contributed by atoms with E-state index in [1.165, 1.54) is 12.1 Å². The Bertz CT molecular complexity index is 1180. The molecule has 0 fully saturated rings. The predicted octanol–water partition coefficient (Wildman–Crippen LogP) is 5.41. The van der Waals surface area contributed by atoms with Gasteiger partial charge in [0, 0.05) is 11.1 Å². The van der Waals surface area contributed by atoms with E-state index in [-0.39, 0.29) is 6.54 Å². The average Bonchev–Trinajstić information content (AvgIpc) is 3.16. The van der Waals surface area contributed by atoms with E-state index in [1.807, 2.05) is 60.7 Å². The number of halogens is 3. The van der Waals surface area contributed by atoms with E-state index in [2.05, 4.69) is 22.2 Å². The Balaban J connectivity index is 1.71. The van der Waals surface area contributed by atoms with Gasteiger partial charge in [-0.2, -0.15) is 13.2 Å². The molecule has 1 aromatic heterocycles. The second-order valence-electron chi connectivity index (χ2n) is 6.62. The molecule has 0 amide bonds. The first-order valence-corrected chi connectivity index (χ1v) is 9.23. The summed E-state index contributed by atoms with van der Waals surface area (Å²) in [6.45, 7) is 0.261. The third-order valence-corrected chi connectivity index (χ3v) is 4.49. The fraction of sp³-hybridized carbons (Fsp3) is 0.0833. The molecule has 0 saturated carbocycles. The maximum Gasteiger partial charge on any atom is 0.416 e. The summed E-state index contributed by atoms with van der Waals surface area (Å²) in [4.78, 5) is 0. The zero-order chi connectivity index (χ0) is 21.0. The molecule has 148 valence electrons. The standard InChI is InChI=1S/C24H16F3N3/c25-24(26,27)21-14-11-19(12-15-21)17-30-22(16-13-18-7-3-1-4-8-18)23(28-29-30)20-9-5-2-6-10-20/h1-12,14-15H,17H2. The lowest BCUT2D eigenvalue weighted by Gasteiger charge is -2.08. The van der Waals surface area contributed by atoms with E-state index in [4.69, 9.17) is 0 Å². The molecule has 0 radical (unpaired) electrons. The largest absolute Gasteiger partial charge is 0.416 e. The molecular weight excluding hydrogens is 387 g/mol. The number of rotatable bonds is 3. The fourth-order valence-electron chi connectivity index (χ4n) is 2.96. The summed E-state index contributed by atoms with van der Waals surface area (Å²) in [7, 11) is 0. The van der Waals surface area contributed by atoms with Gasteiger partial charge in [-0.1, -0.05) is 71.8 Å². The quantitative estimate of drug-likeness (QED) is 0.428. The van der Waals surface area contributed by atoms with Crippen LogP contribution < -0.4 is 0 Å². The van der Waals surface area contributed by atoms with Gasteiger partial charge in [-0.3, -0.25) is 0 Å². The molecule has 0 aliphatic carbocycles. The highest BCUT2D eigenvalue weighted by Gasteiger charge is 2.30. The average molecular weight is 403 g/mol.